The van der Waals surface area contributed by atoms with Crippen LogP contribution in [0.2, 0.25) is 0 Å². The molecule has 0 saturated carbocycles. The van der Waals surface area contributed by atoms with Gasteiger partial charge < -0.3 is 10.1 Å². The predicted molar refractivity (Wildman–Crippen MR) is 77.1 cm³/mol. The number of anilines is 2. The molecule has 1 atom stereocenters. The lowest BCUT2D eigenvalue weighted by Gasteiger charge is -2.04. The van der Waals surface area contributed by atoms with Crippen LogP contribution in [0.1, 0.15) is 6.92 Å². The fourth-order valence-corrected chi connectivity index (χ4v) is 3.11. The Labute approximate surface area is 119 Å². The van der Waals surface area contributed by atoms with Crippen molar-refractivity contribution >= 4 is 33.9 Å². The molecule has 2 aromatic rings. The van der Waals surface area contributed by atoms with Crippen LogP contribution >= 0.6 is 23.1 Å². The molecule has 0 aliphatic heterocycles. The third kappa shape index (κ3) is 3.84. The number of ether oxygens (including phenoxy) is 1. The summed E-state index contributed by atoms with van der Waals surface area (Å²) >= 11 is 2.82. The van der Waals surface area contributed by atoms with E-state index in [0.717, 1.165) is 15.8 Å². The first-order chi connectivity index (χ1) is 9.21. The highest BCUT2D eigenvalue weighted by atomic mass is 32.2. The molecule has 0 aliphatic carbocycles. The van der Waals surface area contributed by atoms with Crippen molar-refractivity contribution < 1.29 is 4.74 Å². The zero-order chi connectivity index (χ0) is 13.7. The molecule has 0 spiro atoms. The molecular weight excluding hydrogens is 280 g/mol. The van der Waals surface area contributed by atoms with Gasteiger partial charge in [0.25, 0.3) is 0 Å². The van der Waals surface area contributed by atoms with Crippen LogP contribution in [0.15, 0.2) is 28.6 Å². The summed E-state index contributed by atoms with van der Waals surface area (Å²) in [7, 11) is 1.63. The van der Waals surface area contributed by atoms with Gasteiger partial charge in [0, 0.05) is 11.8 Å². The summed E-state index contributed by atoms with van der Waals surface area (Å²) in [4.78, 5) is 0. The molecule has 98 valence electrons. The van der Waals surface area contributed by atoms with Gasteiger partial charge in [-0.2, -0.15) is 5.26 Å². The second-order valence-electron chi connectivity index (χ2n) is 3.62. The lowest BCUT2D eigenvalue weighted by molar-refractivity contribution is 0.415. The zero-order valence-corrected chi connectivity index (χ0v) is 12.1. The summed E-state index contributed by atoms with van der Waals surface area (Å²) < 4.78 is 5.93. The maximum Gasteiger partial charge on any atom is 0.210 e. The van der Waals surface area contributed by atoms with Gasteiger partial charge in [-0.15, -0.1) is 10.2 Å². The SMILES string of the molecule is COc1cccc(Nc2nnc(SC(C)C#N)s2)c1. The Hall–Kier alpha value is -1.78. The fraction of sp³-hybridized carbons (Fsp3) is 0.250. The molecule has 0 radical (unpaired) electrons. The van der Waals surface area contributed by atoms with Crippen molar-refractivity contribution in [3.63, 3.8) is 0 Å². The number of nitrogens with zero attached hydrogens (tertiary/aromatic N) is 3. The van der Waals surface area contributed by atoms with Gasteiger partial charge in [0.2, 0.25) is 5.13 Å². The molecule has 0 saturated heterocycles. The van der Waals surface area contributed by atoms with E-state index in [2.05, 4.69) is 21.6 Å². The molecule has 2 rings (SSSR count). The van der Waals surface area contributed by atoms with Gasteiger partial charge in [0.15, 0.2) is 4.34 Å². The summed E-state index contributed by atoms with van der Waals surface area (Å²) in [6.07, 6.45) is 0. The predicted octanol–water partition coefficient (Wildman–Crippen LogP) is 3.29. The fourth-order valence-electron chi connectivity index (χ4n) is 1.31. The van der Waals surface area contributed by atoms with Crippen LogP contribution in [-0.4, -0.2) is 22.6 Å². The monoisotopic (exact) mass is 292 g/mol. The zero-order valence-electron chi connectivity index (χ0n) is 10.5. The van der Waals surface area contributed by atoms with Crippen molar-refractivity contribution in [1.82, 2.24) is 10.2 Å². The van der Waals surface area contributed by atoms with Crippen LogP contribution in [0.4, 0.5) is 10.8 Å². The van der Waals surface area contributed by atoms with Crippen LogP contribution in [0.5, 0.6) is 5.75 Å². The highest BCUT2D eigenvalue weighted by Crippen LogP contribution is 2.30. The molecule has 0 fully saturated rings. The van der Waals surface area contributed by atoms with Gasteiger partial charge in [0.05, 0.1) is 18.4 Å². The minimum atomic E-state index is -0.127. The summed E-state index contributed by atoms with van der Waals surface area (Å²) in [5.41, 5.74) is 0.889. The van der Waals surface area contributed by atoms with Gasteiger partial charge in [-0.3, -0.25) is 0 Å². The molecule has 1 heterocycles. The van der Waals surface area contributed by atoms with Crippen molar-refractivity contribution in [2.75, 3.05) is 12.4 Å². The van der Waals surface area contributed by atoms with Crippen molar-refractivity contribution in [3.05, 3.63) is 24.3 Å². The van der Waals surface area contributed by atoms with Crippen molar-refractivity contribution in [3.8, 4) is 11.8 Å². The van der Waals surface area contributed by atoms with Gasteiger partial charge in [0.1, 0.15) is 5.75 Å². The Bertz CT molecular complexity index is 593. The summed E-state index contributed by atoms with van der Waals surface area (Å²) in [6.45, 7) is 1.83. The third-order valence-electron chi connectivity index (χ3n) is 2.19. The largest absolute Gasteiger partial charge is 0.497 e. The van der Waals surface area contributed by atoms with Gasteiger partial charge in [-0.25, -0.2) is 0 Å². The van der Waals surface area contributed by atoms with Gasteiger partial charge >= 0.3 is 0 Å². The van der Waals surface area contributed by atoms with E-state index in [1.807, 2.05) is 31.2 Å². The first kappa shape index (κ1) is 13.6. The van der Waals surface area contributed by atoms with Crippen LogP contribution in [-0.2, 0) is 0 Å². The number of nitrogens with one attached hydrogen (secondary N) is 1. The van der Waals surface area contributed by atoms with E-state index in [0.29, 0.717) is 5.13 Å². The topological polar surface area (TPSA) is 70.8 Å². The first-order valence-corrected chi connectivity index (χ1v) is 7.21. The van der Waals surface area contributed by atoms with E-state index in [4.69, 9.17) is 10.00 Å². The number of nitriles is 1. The van der Waals surface area contributed by atoms with Crippen LogP contribution in [0.3, 0.4) is 0 Å². The van der Waals surface area contributed by atoms with E-state index >= 15 is 0 Å². The highest BCUT2D eigenvalue weighted by molar-refractivity contribution is 8.01. The third-order valence-corrected chi connectivity index (χ3v) is 4.10. The Balaban J connectivity index is 2.05. The molecule has 0 bridgehead atoms. The quantitative estimate of drug-likeness (QED) is 0.853. The number of hydrogen-bond donors (Lipinski definition) is 1. The molecule has 7 heteroatoms. The number of aromatic nitrogens is 2. The van der Waals surface area contributed by atoms with Crippen molar-refractivity contribution in [2.24, 2.45) is 0 Å². The average molecular weight is 292 g/mol. The van der Waals surface area contributed by atoms with Gasteiger partial charge in [-0.05, 0) is 19.1 Å². The van der Waals surface area contributed by atoms with Crippen LogP contribution < -0.4 is 10.1 Å². The molecular formula is C12H12N4OS2. The molecule has 1 unspecified atom stereocenters. The molecule has 5 nitrogen and oxygen atoms in total. The lowest BCUT2D eigenvalue weighted by Crippen LogP contribution is -1.90. The summed E-state index contributed by atoms with van der Waals surface area (Å²) in [5, 5.41) is 20.5. The van der Waals surface area contributed by atoms with E-state index in [-0.39, 0.29) is 5.25 Å². The minimum Gasteiger partial charge on any atom is -0.497 e. The standard InChI is InChI=1S/C12H12N4OS2/c1-8(7-13)18-12-16-15-11(19-12)14-9-4-3-5-10(6-9)17-2/h3-6,8H,1-2H3,(H,14,15). The van der Waals surface area contributed by atoms with Gasteiger partial charge in [-0.1, -0.05) is 29.2 Å². The maximum atomic E-state index is 8.75. The molecule has 19 heavy (non-hydrogen) atoms. The summed E-state index contributed by atoms with van der Waals surface area (Å²) in [6, 6.07) is 9.73. The van der Waals surface area contributed by atoms with E-state index in [1.54, 1.807) is 7.11 Å². The molecule has 0 aliphatic rings. The number of rotatable bonds is 5. The first-order valence-electron chi connectivity index (χ1n) is 5.52. The smallest absolute Gasteiger partial charge is 0.210 e. The normalized spacial score (nSPS) is 11.6. The van der Waals surface area contributed by atoms with E-state index in [9.17, 15) is 0 Å². The van der Waals surface area contributed by atoms with E-state index < -0.39 is 0 Å². The molecule has 1 aromatic heterocycles. The number of methoxy groups -OCH3 is 1. The lowest BCUT2D eigenvalue weighted by atomic mass is 10.3. The molecule has 0 amide bonds. The highest BCUT2D eigenvalue weighted by Gasteiger charge is 2.09. The minimum absolute atomic E-state index is 0.127. The number of benzene rings is 1. The molecule has 1 N–H and O–H groups in total. The second-order valence-corrected chi connectivity index (χ2v) is 6.18. The van der Waals surface area contributed by atoms with Crippen molar-refractivity contribution in [2.45, 2.75) is 16.5 Å². The number of hydrogen-bond acceptors (Lipinski definition) is 7. The van der Waals surface area contributed by atoms with Crippen molar-refractivity contribution in [1.29, 1.82) is 5.26 Å². The average Bonchev–Trinajstić information content (AvgIpc) is 2.86. The Morgan fingerprint density at radius 3 is 3.05 bits per heavy atom. The Morgan fingerprint density at radius 2 is 2.32 bits per heavy atom. The van der Waals surface area contributed by atoms with Crippen LogP contribution in [0.25, 0.3) is 0 Å². The second kappa shape index (κ2) is 6.41. The molecule has 1 aromatic carbocycles. The Morgan fingerprint density at radius 1 is 1.47 bits per heavy atom. The Kier molecular flexibility index (Phi) is 4.60. The number of thioether (sulfide) groups is 1. The van der Waals surface area contributed by atoms with E-state index in [1.165, 1.54) is 23.1 Å². The summed E-state index contributed by atoms with van der Waals surface area (Å²) in [5.74, 6) is 0.780. The maximum absolute atomic E-state index is 8.75. The van der Waals surface area contributed by atoms with Crippen LogP contribution in [0, 0.1) is 11.3 Å².